The average Bonchev–Trinajstić information content (AvgIpc) is 2.48. The van der Waals surface area contributed by atoms with Gasteiger partial charge in [0, 0.05) is 12.2 Å². The van der Waals surface area contributed by atoms with Crippen molar-refractivity contribution >= 4 is 11.7 Å². The number of anilines is 1. The lowest BCUT2D eigenvalue weighted by atomic mass is 10.2. The van der Waals surface area contributed by atoms with E-state index in [0.717, 1.165) is 5.69 Å². The third-order valence-electron chi connectivity index (χ3n) is 3.02. The minimum absolute atomic E-state index is 0.0909. The van der Waals surface area contributed by atoms with Crippen molar-refractivity contribution in [3.05, 3.63) is 66.2 Å². The van der Waals surface area contributed by atoms with Crippen LogP contribution in [-0.4, -0.2) is 18.6 Å². The minimum atomic E-state index is -0.204. The standard InChI is InChI=1S/C18H21NO2/c1-15(2)21-18(20)14-19(17-11-7-4-8-12-17)13-16-9-5-3-6-10-16/h3-12,15H,13-14H2,1-2H3. The van der Waals surface area contributed by atoms with Crippen LogP contribution in [0.4, 0.5) is 5.69 Å². The van der Waals surface area contributed by atoms with Crippen LogP contribution in [0.15, 0.2) is 60.7 Å². The van der Waals surface area contributed by atoms with Crippen LogP contribution >= 0.6 is 0 Å². The van der Waals surface area contributed by atoms with Gasteiger partial charge in [0.2, 0.25) is 0 Å². The smallest absolute Gasteiger partial charge is 0.325 e. The normalized spacial score (nSPS) is 10.4. The molecule has 2 aromatic carbocycles. The van der Waals surface area contributed by atoms with Gasteiger partial charge in [-0.25, -0.2) is 0 Å². The molecule has 0 radical (unpaired) electrons. The van der Waals surface area contributed by atoms with Crippen molar-refractivity contribution in [3.8, 4) is 0 Å². The molecule has 0 unspecified atom stereocenters. The monoisotopic (exact) mass is 283 g/mol. The highest BCUT2D eigenvalue weighted by molar-refractivity contribution is 5.76. The number of benzene rings is 2. The number of ether oxygens (including phenoxy) is 1. The van der Waals surface area contributed by atoms with Crippen LogP contribution in [-0.2, 0) is 16.1 Å². The molecule has 21 heavy (non-hydrogen) atoms. The van der Waals surface area contributed by atoms with Gasteiger partial charge in [-0.1, -0.05) is 48.5 Å². The van der Waals surface area contributed by atoms with Gasteiger partial charge in [0.25, 0.3) is 0 Å². The molecule has 0 bridgehead atoms. The fourth-order valence-corrected chi connectivity index (χ4v) is 2.14. The van der Waals surface area contributed by atoms with Crippen LogP contribution in [0, 0.1) is 0 Å². The van der Waals surface area contributed by atoms with Gasteiger partial charge < -0.3 is 9.64 Å². The lowest BCUT2D eigenvalue weighted by Crippen LogP contribution is -2.31. The highest BCUT2D eigenvalue weighted by atomic mass is 16.5. The van der Waals surface area contributed by atoms with Gasteiger partial charge in [-0.15, -0.1) is 0 Å². The molecule has 0 aliphatic rings. The average molecular weight is 283 g/mol. The minimum Gasteiger partial charge on any atom is -0.462 e. The number of rotatable bonds is 6. The molecule has 2 rings (SSSR count). The Morgan fingerprint density at radius 1 is 1.00 bits per heavy atom. The molecule has 0 atom stereocenters. The predicted octanol–water partition coefficient (Wildman–Crippen LogP) is 3.64. The number of hydrogen-bond donors (Lipinski definition) is 0. The highest BCUT2D eigenvalue weighted by Crippen LogP contribution is 2.16. The van der Waals surface area contributed by atoms with Crippen LogP contribution < -0.4 is 4.90 Å². The molecule has 0 heterocycles. The van der Waals surface area contributed by atoms with E-state index >= 15 is 0 Å². The molecule has 0 aromatic heterocycles. The maximum atomic E-state index is 12.0. The predicted molar refractivity (Wildman–Crippen MR) is 85.2 cm³/mol. The molecule has 110 valence electrons. The number of para-hydroxylation sites is 1. The zero-order valence-corrected chi connectivity index (χ0v) is 12.5. The second kappa shape index (κ2) is 7.48. The SMILES string of the molecule is CC(C)OC(=O)CN(Cc1ccccc1)c1ccccc1. The molecule has 0 fully saturated rings. The number of carbonyl (C=O) groups excluding carboxylic acids is 1. The van der Waals surface area contributed by atoms with Crippen LogP contribution in [0.5, 0.6) is 0 Å². The first-order valence-electron chi connectivity index (χ1n) is 7.18. The van der Waals surface area contributed by atoms with E-state index in [1.165, 1.54) is 5.56 Å². The summed E-state index contributed by atoms with van der Waals surface area (Å²) in [6, 6.07) is 20.0. The third-order valence-corrected chi connectivity index (χ3v) is 3.02. The van der Waals surface area contributed by atoms with Gasteiger partial charge in [-0.3, -0.25) is 4.79 Å². The van der Waals surface area contributed by atoms with Gasteiger partial charge in [0.05, 0.1) is 6.10 Å². The molecule has 0 spiro atoms. The van der Waals surface area contributed by atoms with E-state index in [1.807, 2.05) is 67.3 Å². The summed E-state index contributed by atoms with van der Waals surface area (Å²) in [5.74, 6) is -0.204. The molecule has 0 aliphatic heterocycles. The Bertz CT molecular complexity index is 552. The van der Waals surface area contributed by atoms with Crippen molar-refractivity contribution in [1.29, 1.82) is 0 Å². The highest BCUT2D eigenvalue weighted by Gasteiger charge is 2.14. The fourth-order valence-electron chi connectivity index (χ4n) is 2.14. The molecule has 3 heteroatoms. The lowest BCUT2D eigenvalue weighted by molar-refractivity contribution is -0.145. The van der Waals surface area contributed by atoms with E-state index in [1.54, 1.807) is 0 Å². The zero-order valence-electron chi connectivity index (χ0n) is 12.5. The Morgan fingerprint density at radius 3 is 2.14 bits per heavy atom. The first kappa shape index (κ1) is 15.1. The number of hydrogen-bond acceptors (Lipinski definition) is 3. The quantitative estimate of drug-likeness (QED) is 0.758. The van der Waals surface area contributed by atoms with Crippen LogP contribution in [0.25, 0.3) is 0 Å². The second-order valence-corrected chi connectivity index (χ2v) is 5.22. The number of nitrogens with zero attached hydrogens (tertiary/aromatic N) is 1. The molecule has 0 saturated carbocycles. The van der Waals surface area contributed by atoms with Crippen LogP contribution in [0.1, 0.15) is 19.4 Å². The van der Waals surface area contributed by atoms with E-state index < -0.39 is 0 Å². The van der Waals surface area contributed by atoms with E-state index in [0.29, 0.717) is 6.54 Å². The lowest BCUT2D eigenvalue weighted by Gasteiger charge is -2.24. The molecule has 2 aromatic rings. The van der Waals surface area contributed by atoms with Gasteiger partial charge in [-0.05, 0) is 31.5 Å². The summed E-state index contributed by atoms with van der Waals surface area (Å²) in [5, 5.41) is 0. The summed E-state index contributed by atoms with van der Waals surface area (Å²) in [5.41, 5.74) is 2.18. The maximum absolute atomic E-state index is 12.0. The van der Waals surface area contributed by atoms with Gasteiger partial charge in [0.1, 0.15) is 6.54 Å². The molecule has 3 nitrogen and oxygen atoms in total. The summed E-state index contributed by atoms with van der Waals surface area (Å²) in [6.45, 7) is 4.65. The molecule has 0 amide bonds. The Balaban J connectivity index is 2.13. The Labute approximate surface area is 126 Å². The second-order valence-electron chi connectivity index (χ2n) is 5.22. The summed E-state index contributed by atoms with van der Waals surface area (Å²) < 4.78 is 5.26. The van der Waals surface area contributed by atoms with E-state index in [4.69, 9.17) is 4.74 Å². The van der Waals surface area contributed by atoms with E-state index in [-0.39, 0.29) is 18.6 Å². The Morgan fingerprint density at radius 2 is 1.57 bits per heavy atom. The summed E-state index contributed by atoms with van der Waals surface area (Å²) in [4.78, 5) is 14.0. The first-order valence-corrected chi connectivity index (χ1v) is 7.18. The van der Waals surface area contributed by atoms with Crippen molar-refractivity contribution < 1.29 is 9.53 Å². The van der Waals surface area contributed by atoms with Crippen LogP contribution in [0.3, 0.4) is 0 Å². The summed E-state index contributed by atoms with van der Waals surface area (Å²) in [6.07, 6.45) is -0.0909. The molecular formula is C18H21NO2. The Kier molecular flexibility index (Phi) is 5.38. The number of esters is 1. The van der Waals surface area contributed by atoms with E-state index in [2.05, 4.69) is 12.1 Å². The first-order chi connectivity index (χ1) is 10.1. The van der Waals surface area contributed by atoms with Gasteiger partial charge in [0.15, 0.2) is 0 Å². The molecular weight excluding hydrogens is 262 g/mol. The van der Waals surface area contributed by atoms with Crippen molar-refractivity contribution in [2.24, 2.45) is 0 Å². The fraction of sp³-hybridized carbons (Fsp3) is 0.278. The number of carbonyl (C=O) groups is 1. The Hall–Kier alpha value is -2.29. The largest absolute Gasteiger partial charge is 0.462 e. The molecule has 0 saturated heterocycles. The van der Waals surface area contributed by atoms with Gasteiger partial charge >= 0.3 is 5.97 Å². The molecule has 0 aliphatic carbocycles. The van der Waals surface area contributed by atoms with Crippen molar-refractivity contribution in [3.63, 3.8) is 0 Å². The van der Waals surface area contributed by atoms with Crippen molar-refractivity contribution in [2.75, 3.05) is 11.4 Å². The van der Waals surface area contributed by atoms with Crippen molar-refractivity contribution in [1.82, 2.24) is 0 Å². The summed E-state index contributed by atoms with van der Waals surface area (Å²) in [7, 11) is 0. The maximum Gasteiger partial charge on any atom is 0.325 e. The third kappa shape index (κ3) is 4.95. The van der Waals surface area contributed by atoms with Crippen molar-refractivity contribution in [2.45, 2.75) is 26.5 Å². The molecule has 0 N–H and O–H groups in total. The van der Waals surface area contributed by atoms with Gasteiger partial charge in [-0.2, -0.15) is 0 Å². The van der Waals surface area contributed by atoms with Crippen LogP contribution in [0.2, 0.25) is 0 Å². The topological polar surface area (TPSA) is 29.5 Å². The van der Waals surface area contributed by atoms with E-state index in [9.17, 15) is 4.79 Å². The zero-order chi connectivity index (χ0) is 15.1. The summed E-state index contributed by atoms with van der Waals surface area (Å²) >= 11 is 0.